The van der Waals surface area contributed by atoms with Crippen molar-refractivity contribution >= 4 is 11.0 Å². The smallest absolute Gasteiger partial charge is 0.323 e. The summed E-state index contributed by atoms with van der Waals surface area (Å²) < 4.78 is 10.2. The number of H-pyrrole nitrogens is 2. The van der Waals surface area contributed by atoms with Crippen LogP contribution in [0.3, 0.4) is 0 Å². The van der Waals surface area contributed by atoms with E-state index in [9.17, 15) is 4.79 Å². The summed E-state index contributed by atoms with van der Waals surface area (Å²) in [6.45, 7) is 12.4. The first kappa shape index (κ1) is 17.8. The zero-order chi connectivity index (χ0) is 17.1. The molecule has 23 heavy (non-hydrogen) atoms. The van der Waals surface area contributed by atoms with Crippen LogP contribution in [-0.2, 0) is 0 Å². The van der Waals surface area contributed by atoms with Crippen LogP contribution in [-0.4, -0.2) is 16.8 Å². The molecule has 3 aromatic rings. The molecule has 5 heteroatoms. The molecule has 120 valence electrons. The molecule has 1 aliphatic heterocycles. The molecule has 2 N–H and O–H groups in total. The van der Waals surface area contributed by atoms with Gasteiger partial charge in [0.05, 0.1) is 11.0 Å². The van der Waals surface area contributed by atoms with Crippen LogP contribution >= 0.6 is 0 Å². The number of benzene rings is 2. The average Bonchev–Trinajstić information content (AvgIpc) is 3.24. The molecule has 0 spiro atoms. The molecule has 0 unspecified atom stereocenters. The van der Waals surface area contributed by atoms with Crippen LogP contribution < -0.4 is 15.2 Å². The fraction of sp³-hybridized carbons (Fsp3) is 0.0556. The summed E-state index contributed by atoms with van der Waals surface area (Å²) in [5, 5.41) is 0. The molecule has 0 amide bonds. The molecule has 0 fully saturated rings. The standard InChI is InChI=1S/C7H6N2O.C7H6O2.2C2H4/c10-7-8-5-3-1-2-4-6(5)9-7;1-2-4-7-6(3-1)8-5-9-7;2*1-2/h1-4H,(H2,8,9,10);1-4H,5H2;2*1-2H2. The fourth-order valence-electron chi connectivity index (χ4n) is 1.82. The van der Waals surface area contributed by atoms with Crippen LogP contribution in [0.1, 0.15) is 0 Å². The van der Waals surface area contributed by atoms with Gasteiger partial charge in [-0.3, -0.25) is 0 Å². The molecule has 0 radical (unpaired) electrons. The van der Waals surface area contributed by atoms with Crippen LogP contribution in [0.2, 0.25) is 0 Å². The summed E-state index contributed by atoms with van der Waals surface area (Å²) >= 11 is 0. The molecule has 0 saturated carbocycles. The summed E-state index contributed by atoms with van der Waals surface area (Å²) in [5.74, 6) is 1.69. The van der Waals surface area contributed by atoms with Gasteiger partial charge in [0.15, 0.2) is 11.5 Å². The van der Waals surface area contributed by atoms with E-state index in [0.717, 1.165) is 22.5 Å². The molecule has 2 heterocycles. The van der Waals surface area contributed by atoms with E-state index in [2.05, 4.69) is 36.3 Å². The Kier molecular flexibility index (Phi) is 7.51. The van der Waals surface area contributed by atoms with Crippen molar-refractivity contribution in [2.75, 3.05) is 6.79 Å². The summed E-state index contributed by atoms with van der Waals surface area (Å²) in [7, 11) is 0. The Hall–Kier alpha value is -3.21. The van der Waals surface area contributed by atoms with Gasteiger partial charge >= 0.3 is 5.69 Å². The minimum absolute atomic E-state index is 0.152. The van der Waals surface area contributed by atoms with Crippen LogP contribution in [0.4, 0.5) is 0 Å². The van der Waals surface area contributed by atoms with Gasteiger partial charge in [-0.15, -0.1) is 26.3 Å². The Bertz CT molecular complexity index is 716. The average molecular weight is 312 g/mol. The second kappa shape index (κ2) is 9.68. The van der Waals surface area contributed by atoms with E-state index < -0.39 is 0 Å². The molecular weight excluding hydrogens is 292 g/mol. The van der Waals surface area contributed by atoms with E-state index in [1.165, 1.54) is 0 Å². The van der Waals surface area contributed by atoms with Gasteiger partial charge in [-0.05, 0) is 24.3 Å². The third-order valence-corrected chi connectivity index (χ3v) is 2.70. The second-order valence-electron chi connectivity index (χ2n) is 3.98. The van der Waals surface area contributed by atoms with Gasteiger partial charge in [0.1, 0.15) is 0 Å². The lowest BCUT2D eigenvalue weighted by molar-refractivity contribution is 0.174. The highest BCUT2D eigenvalue weighted by molar-refractivity contribution is 5.73. The normalized spacial score (nSPS) is 10.3. The van der Waals surface area contributed by atoms with Gasteiger partial charge in [0, 0.05) is 0 Å². The monoisotopic (exact) mass is 312 g/mol. The predicted octanol–water partition coefficient (Wildman–Crippen LogP) is 3.88. The third-order valence-electron chi connectivity index (χ3n) is 2.70. The minimum atomic E-state index is -0.152. The lowest BCUT2D eigenvalue weighted by Gasteiger charge is -1.89. The number of aromatic amines is 2. The van der Waals surface area contributed by atoms with Crippen LogP contribution in [0.5, 0.6) is 11.5 Å². The number of imidazole rings is 1. The highest BCUT2D eigenvalue weighted by Gasteiger charge is 2.09. The summed E-state index contributed by atoms with van der Waals surface area (Å²) in [4.78, 5) is 16.0. The number of ether oxygens (including phenoxy) is 2. The van der Waals surface area contributed by atoms with Crippen molar-refractivity contribution in [3.05, 3.63) is 85.3 Å². The number of rotatable bonds is 0. The van der Waals surface area contributed by atoms with Crippen molar-refractivity contribution in [2.45, 2.75) is 0 Å². The highest BCUT2D eigenvalue weighted by Crippen LogP contribution is 2.30. The first-order valence-corrected chi connectivity index (χ1v) is 6.84. The van der Waals surface area contributed by atoms with E-state index in [1.54, 1.807) is 0 Å². The maximum absolute atomic E-state index is 10.7. The zero-order valence-corrected chi connectivity index (χ0v) is 12.9. The number of hydrogen-bond acceptors (Lipinski definition) is 3. The Morgan fingerprint density at radius 2 is 1.13 bits per heavy atom. The first-order chi connectivity index (χ1) is 11.3. The van der Waals surface area contributed by atoms with Crippen molar-refractivity contribution in [3.8, 4) is 11.5 Å². The molecule has 0 atom stereocenters. The van der Waals surface area contributed by atoms with Crippen molar-refractivity contribution in [1.82, 2.24) is 9.97 Å². The number of nitrogens with one attached hydrogen (secondary N) is 2. The van der Waals surface area contributed by atoms with E-state index in [4.69, 9.17) is 9.47 Å². The van der Waals surface area contributed by atoms with Crippen molar-refractivity contribution in [3.63, 3.8) is 0 Å². The largest absolute Gasteiger partial charge is 0.454 e. The SMILES string of the molecule is C=C.C=C.O=c1[nH]c2ccccc2[nH]1.c1ccc2c(c1)OCO2. The highest BCUT2D eigenvalue weighted by atomic mass is 16.7. The molecule has 0 bridgehead atoms. The number of aromatic nitrogens is 2. The van der Waals surface area contributed by atoms with Gasteiger partial charge in [-0.1, -0.05) is 24.3 Å². The van der Waals surface area contributed by atoms with Gasteiger partial charge < -0.3 is 19.4 Å². The van der Waals surface area contributed by atoms with Crippen molar-refractivity contribution in [1.29, 1.82) is 0 Å². The molecular formula is C18H20N2O3. The van der Waals surface area contributed by atoms with E-state index >= 15 is 0 Å². The van der Waals surface area contributed by atoms with Crippen LogP contribution in [0.25, 0.3) is 11.0 Å². The molecule has 2 aromatic carbocycles. The van der Waals surface area contributed by atoms with E-state index in [1.807, 2.05) is 48.5 Å². The molecule has 0 aliphatic carbocycles. The number of para-hydroxylation sites is 4. The van der Waals surface area contributed by atoms with Crippen molar-refractivity contribution in [2.24, 2.45) is 0 Å². The fourth-order valence-corrected chi connectivity index (χ4v) is 1.82. The van der Waals surface area contributed by atoms with E-state index in [0.29, 0.717) is 6.79 Å². The van der Waals surface area contributed by atoms with Crippen LogP contribution in [0, 0.1) is 0 Å². The molecule has 1 aromatic heterocycles. The third kappa shape index (κ3) is 4.93. The lowest BCUT2D eigenvalue weighted by Crippen LogP contribution is -1.99. The maximum atomic E-state index is 10.7. The van der Waals surface area contributed by atoms with E-state index in [-0.39, 0.29) is 5.69 Å². The van der Waals surface area contributed by atoms with Gasteiger partial charge in [-0.2, -0.15) is 0 Å². The first-order valence-electron chi connectivity index (χ1n) is 6.84. The second-order valence-corrected chi connectivity index (χ2v) is 3.98. The minimum Gasteiger partial charge on any atom is -0.454 e. The molecule has 4 rings (SSSR count). The summed E-state index contributed by atoms with van der Waals surface area (Å²) in [5.41, 5.74) is 1.56. The van der Waals surface area contributed by atoms with Crippen molar-refractivity contribution < 1.29 is 9.47 Å². The van der Waals surface area contributed by atoms with Gasteiger partial charge in [0.25, 0.3) is 0 Å². The lowest BCUT2D eigenvalue weighted by atomic mass is 10.3. The Morgan fingerprint density at radius 1 is 0.739 bits per heavy atom. The van der Waals surface area contributed by atoms with Crippen LogP contribution in [0.15, 0.2) is 79.6 Å². The topological polar surface area (TPSA) is 67.1 Å². The Morgan fingerprint density at radius 3 is 1.57 bits per heavy atom. The maximum Gasteiger partial charge on any atom is 0.323 e. The number of fused-ring (bicyclic) bond motifs is 2. The predicted molar refractivity (Wildman–Crippen MR) is 94.0 cm³/mol. The zero-order valence-electron chi connectivity index (χ0n) is 12.9. The molecule has 1 aliphatic rings. The van der Waals surface area contributed by atoms with Gasteiger partial charge in [0.2, 0.25) is 6.79 Å². The molecule has 5 nitrogen and oxygen atoms in total. The Balaban J connectivity index is 0.000000190. The quantitative estimate of drug-likeness (QED) is 0.619. The Labute approximate surface area is 134 Å². The number of hydrogen-bond donors (Lipinski definition) is 2. The summed E-state index contributed by atoms with van der Waals surface area (Å²) in [6, 6.07) is 15.1. The summed E-state index contributed by atoms with van der Waals surface area (Å²) in [6.07, 6.45) is 0. The van der Waals surface area contributed by atoms with Gasteiger partial charge in [-0.25, -0.2) is 4.79 Å². The molecule has 0 saturated heterocycles.